The first kappa shape index (κ1) is 32.2. The van der Waals surface area contributed by atoms with Gasteiger partial charge in [-0.3, -0.25) is 9.59 Å². The third kappa shape index (κ3) is 8.12. The molecule has 0 radical (unpaired) electrons. The SMILES string of the molecule is CC(C)=CCC[C@H](C)CCN1c2ccc(C(=O)CCc3ccccc3)c3[nH]cc(c23)C[C@@H](CO)NC(=O)[C@@H]1Cc1ccccc1. The number of nitrogens with one attached hydrogen (secondary N) is 2. The van der Waals surface area contributed by atoms with E-state index >= 15 is 0 Å². The number of aromatic nitrogens is 1. The van der Waals surface area contributed by atoms with E-state index in [2.05, 4.69) is 66.3 Å². The Bertz CT molecular complexity index is 1600. The Morgan fingerprint density at radius 3 is 2.40 bits per heavy atom. The largest absolute Gasteiger partial charge is 0.394 e. The second-order valence-corrected chi connectivity index (χ2v) is 12.8. The van der Waals surface area contributed by atoms with Gasteiger partial charge in [0.1, 0.15) is 6.04 Å². The van der Waals surface area contributed by atoms with E-state index in [-0.39, 0.29) is 18.3 Å². The first-order valence-corrected chi connectivity index (χ1v) is 16.4. The van der Waals surface area contributed by atoms with Crippen molar-refractivity contribution in [2.24, 2.45) is 5.92 Å². The highest BCUT2D eigenvalue weighted by molar-refractivity contribution is 6.11. The zero-order chi connectivity index (χ0) is 31.8. The van der Waals surface area contributed by atoms with Crippen molar-refractivity contribution in [3.8, 4) is 0 Å². The number of aromatic amines is 1. The van der Waals surface area contributed by atoms with Gasteiger partial charge in [0, 0.05) is 42.2 Å². The van der Waals surface area contributed by atoms with Crippen molar-refractivity contribution in [2.75, 3.05) is 18.1 Å². The highest BCUT2D eigenvalue weighted by Gasteiger charge is 2.33. The Labute approximate surface area is 267 Å². The molecule has 236 valence electrons. The number of H-pyrrole nitrogens is 1. The van der Waals surface area contributed by atoms with Crippen LogP contribution in [0.25, 0.3) is 10.9 Å². The molecule has 3 aromatic carbocycles. The van der Waals surface area contributed by atoms with E-state index in [1.807, 2.05) is 54.7 Å². The van der Waals surface area contributed by atoms with Gasteiger partial charge in [-0.05, 0) is 80.7 Å². The molecule has 1 aliphatic rings. The molecule has 2 heterocycles. The predicted octanol–water partition coefficient (Wildman–Crippen LogP) is 7.21. The molecule has 0 aliphatic carbocycles. The molecule has 1 aliphatic heterocycles. The van der Waals surface area contributed by atoms with E-state index in [1.54, 1.807) is 0 Å². The number of amides is 1. The minimum atomic E-state index is -0.477. The van der Waals surface area contributed by atoms with Gasteiger partial charge < -0.3 is 20.3 Å². The summed E-state index contributed by atoms with van der Waals surface area (Å²) in [5.41, 5.74) is 7.00. The van der Waals surface area contributed by atoms with Gasteiger partial charge in [-0.25, -0.2) is 0 Å². The average molecular weight is 606 g/mol. The number of ketones is 1. The molecule has 6 nitrogen and oxygen atoms in total. The Morgan fingerprint density at radius 2 is 1.71 bits per heavy atom. The summed E-state index contributed by atoms with van der Waals surface area (Å²) in [6, 6.07) is 23.3. The van der Waals surface area contributed by atoms with Gasteiger partial charge in [0.2, 0.25) is 5.91 Å². The van der Waals surface area contributed by atoms with Crippen molar-refractivity contribution < 1.29 is 14.7 Å². The van der Waals surface area contributed by atoms with Crippen LogP contribution in [0.5, 0.6) is 0 Å². The molecule has 0 unspecified atom stereocenters. The zero-order valence-corrected chi connectivity index (χ0v) is 26.9. The van der Waals surface area contributed by atoms with Crippen LogP contribution in [0, 0.1) is 5.92 Å². The van der Waals surface area contributed by atoms with Gasteiger partial charge in [0.05, 0.1) is 18.2 Å². The first-order chi connectivity index (χ1) is 21.8. The van der Waals surface area contributed by atoms with Crippen LogP contribution in [0.4, 0.5) is 5.69 Å². The summed E-state index contributed by atoms with van der Waals surface area (Å²) in [4.78, 5) is 33.4. The highest BCUT2D eigenvalue weighted by Crippen LogP contribution is 2.36. The molecule has 1 aromatic heterocycles. The Kier molecular flexibility index (Phi) is 10.9. The maximum atomic E-state index is 14.0. The maximum Gasteiger partial charge on any atom is 0.243 e. The van der Waals surface area contributed by atoms with Crippen molar-refractivity contribution in [1.29, 1.82) is 0 Å². The van der Waals surface area contributed by atoms with Crippen LogP contribution in [0.2, 0.25) is 0 Å². The quantitative estimate of drug-likeness (QED) is 0.111. The standard InChI is InChI=1S/C39H47N3O3/c1-27(2)11-10-12-28(3)21-22-42-34-19-18-33(36(44)20-17-29-13-6-4-7-14-29)38-37(34)31(25-40-38)24-32(26-43)41-39(45)35(42)23-30-15-8-5-9-16-30/h4-9,11,13-16,18-19,25,28,32,35,40,43H,10,12,17,20-24,26H2,1-3H3,(H,41,45)/t28-,32-,35-/m0/s1. The third-order valence-corrected chi connectivity index (χ3v) is 9.05. The molecule has 6 heteroatoms. The molecule has 1 amide bonds. The molecule has 3 atom stereocenters. The first-order valence-electron chi connectivity index (χ1n) is 16.4. The number of carbonyl (C=O) groups excluding carboxylic acids is 2. The van der Waals surface area contributed by atoms with Gasteiger partial charge in [-0.15, -0.1) is 0 Å². The van der Waals surface area contributed by atoms with Gasteiger partial charge in [0.15, 0.2) is 5.78 Å². The predicted molar refractivity (Wildman–Crippen MR) is 184 cm³/mol. The Balaban J connectivity index is 1.54. The topological polar surface area (TPSA) is 85.4 Å². The monoisotopic (exact) mass is 605 g/mol. The molecule has 3 N–H and O–H groups in total. The van der Waals surface area contributed by atoms with E-state index in [0.717, 1.165) is 52.5 Å². The number of Topliss-reactive ketones (excluding diaryl/α,β-unsaturated/α-hetero) is 1. The number of aliphatic hydroxyl groups is 1. The minimum absolute atomic E-state index is 0.0830. The number of aryl methyl sites for hydroxylation is 1. The second kappa shape index (κ2) is 15.2. The molecular weight excluding hydrogens is 558 g/mol. The molecule has 4 aromatic rings. The number of aliphatic hydroxyl groups excluding tert-OH is 1. The van der Waals surface area contributed by atoms with Gasteiger partial charge in [0.25, 0.3) is 0 Å². The molecular formula is C39H47N3O3. The average Bonchev–Trinajstić information content (AvgIpc) is 3.48. The Hall–Kier alpha value is -4.16. The van der Waals surface area contributed by atoms with Crippen molar-refractivity contribution in [2.45, 2.75) is 77.8 Å². The maximum absolute atomic E-state index is 14.0. The summed E-state index contributed by atoms with van der Waals surface area (Å²) in [7, 11) is 0. The summed E-state index contributed by atoms with van der Waals surface area (Å²) < 4.78 is 0. The van der Waals surface area contributed by atoms with Gasteiger partial charge in [-0.1, -0.05) is 79.2 Å². The van der Waals surface area contributed by atoms with Crippen LogP contribution in [0.3, 0.4) is 0 Å². The van der Waals surface area contributed by atoms with Crippen LogP contribution in [-0.2, 0) is 24.1 Å². The number of allylic oxidation sites excluding steroid dienone is 2. The lowest BCUT2D eigenvalue weighted by atomic mass is 9.95. The van der Waals surface area contributed by atoms with Crippen LogP contribution >= 0.6 is 0 Å². The fraction of sp³-hybridized carbons (Fsp3) is 0.385. The van der Waals surface area contributed by atoms with Gasteiger partial charge in [-0.2, -0.15) is 0 Å². The summed E-state index contributed by atoms with van der Waals surface area (Å²) in [6.07, 6.45) is 9.40. The number of rotatable bonds is 13. The lowest BCUT2D eigenvalue weighted by Gasteiger charge is -2.34. The molecule has 0 saturated carbocycles. The number of hydrogen-bond acceptors (Lipinski definition) is 4. The van der Waals surface area contributed by atoms with Crippen molar-refractivity contribution in [1.82, 2.24) is 10.3 Å². The van der Waals surface area contributed by atoms with Gasteiger partial charge >= 0.3 is 0 Å². The normalized spacial score (nSPS) is 17.2. The summed E-state index contributed by atoms with van der Waals surface area (Å²) >= 11 is 0. The van der Waals surface area contributed by atoms with Crippen molar-refractivity contribution in [3.63, 3.8) is 0 Å². The van der Waals surface area contributed by atoms with Crippen LogP contribution < -0.4 is 10.2 Å². The van der Waals surface area contributed by atoms with E-state index in [9.17, 15) is 14.7 Å². The molecule has 5 rings (SSSR count). The second-order valence-electron chi connectivity index (χ2n) is 12.8. The number of nitrogens with zero attached hydrogens (tertiary/aromatic N) is 1. The summed E-state index contributed by atoms with van der Waals surface area (Å²) in [6.45, 7) is 7.09. The van der Waals surface area contributed by atoms with Crippen LogP contribution in [0.1, 0.15) is 73.5 Å². The number of anilines is 1. The third-order valence-electron chi connectivity index (χ3n) is 9.05. The molecule has 0 spiro atoms. The fourth-order valence-electron chi connectivity index (χ4n) is 6.48. The number of benzene rings is 3. The van der Waals surface area contributed by atoms with Crippen molar-refractivity contribution in [3.05, 3.63) is 113 Å². The van der Waals surface area contributed by atoms with E-state index in [4.69, 9.17) is 0 Å². The number of carbonyl (C=O) groups is 2. The minimum Gasteiger partial charge on any atom is -0.394 e. The van der Waals surface area contributed by atoms with Crippen LogP contribution in [-0.4, -0.2) is 47.0 Å². The molecule has 0 bridgehead atoms. The number of hydrogen-bond donors (Lipinski definition) is 3. The van der Waals surface area contributed by atoms with E-state index < -0.39 is 12.1 Å². The van der Waals surface area contributed by atoms with Crippen LogP contribution in [0.15, 0.2) is 90.6 Å². The van der Waals surface area contributed by atoms with E-state index in [0.29, 0.717) is 43.7 Å². The molecule has 0 saturated heterocycles. The molecule has 45 heavy (non-hydrogen) atoms. The molecule has 0 fully saturated rings. The zero-order valence-electron chi connectivity index (χ0n) is 26.9. The van der Waals surface area contributed by atoms with Crippen molar-refractivity contribution >= 4 is 28.3 Å². The fourth-order valence-corrected chi connectivity index (χ4v) is 6.48. The lowest BCUT2D eigenvalue weighted by molar-refractivity contribution is -0.123. The summed E-state index contributed by atoms with van der Waals surface area (Å²) in [5.74, 6) is 0.478. The highest BCUT2D eigenvalue weighted by atomic mass is 16.3. The summed E-state index contributed by atoms with van der Waals surface area (Å²) in [5, 5.41) is 14.5. The van der Waals surface area contributed by atoms with E-state index in [1.165, 1.54) is 5.57 Å². The Morgan fingerprint density at radius 1 is 1.00 bits per heavy atom. The smallest absolute Gasteiger partial charge is 0.243 e. The lowest BCUT2D eigenvalue weighted by Crippen LogP contribution is -2.52.